The van der Waals surface area contributed by atoms with Crippen LogP contribution in [0.25, 0.3) is 0 Å². The fraction of sp³-hybridized carbons (Fsp3) is 0.783. The van der Waals surface area contributed by atoms with Gasteiger partial charge in [0.2, 0.25) is 11.8 Å². The third-order valence-corrected chi connectivity index (χ3v) is 4.54. The Morgan fingerprint density at radius 3 is 2.27 bits per heavy atom. The van der Waals surface area contributed by atoms with E-state index < -0.39 is 6.04 Å². The summed E-state index contributed by atoms with van der Waals surface area (Å²) in [6.07, 6.45) is 5.71. The van der Waals surface area contributed by atoms with E-state index in [1.807, 2.05) is 20.8 Å². The summed E-state index contributed by atoms with van der Waals surface area (Å²) in [4.78, 5) is 36.6. The Balaban J connectivity index is 4.22. The molecule has 30 heavy (non-hydrogen) atoms. The minimum Gasteiger partial charge on any atom is -0.385 e. The molecule has 0 saturated heterocycles. The summed E-state index contributed by atoms with van der Waals surface area (Å²) in [5, 5.41) is 5.55. The molecule has 2 N–H and O–H groups in total. The van der Waals surface area contributed by atoms with Crippen LogP contribution < -0.4 is 10.6 Å². The maximum absolute atomic E-state index is 12.5. The van der Waals surface area contributed by atoms with Crippen LogP contribution in [0.5, 0.6) is 0 Å². The largest absolute Gasteiger partial charge is 0.385 e. The SMILES string of the molecule is C=C(CNC(=O)C(CC(C)C)NC(=O)CCCOCCCCCOC)C(=O)CCC. The second-order valence-corrected chi connectivity index (χ2v) is 8.01. The molecule has 0 heterocycles. The lowest BCUT2D eigenvalue weighted by Gasteiger charge is -2.20. The van der Waals surface area contributed by atoms with E-state index in [0.29, 0.717) is 44.5 Å². The third-order valence-electron chi connectivity index (χ3n) is 4.54. The van der Waals surface area contributed by atoms with E-state index in [1.165, 1.54) is 0 Å². The van der Waals surface area contributed by atoms with Crippen molar-refractivity contribution >= 4 is 17.6 Å². The molecule has 0 aromatic rings. The Bertz CT molecular complexity index is 520. The van der Waals surface area contributed by atoms with Gasteiger partial charge in [0.1, 0.15) is 6.04 Å². The summed E-state index contributed by atoms with van der Waals surface area (Å²) in [7, 11) is 1.70. The number of ether oxygens (including phenoxy) is 2. The topological polar surface area (TPSA) is 93.7 Å². The van der Waals surface area contributed by atoms with E-state index in [1.54, 1.807) is 7.11 Å². The number of hydrogen-bond acceptors (Lipinski definition) is 5. The molecule has 0 saturated carbocycles. The molecule has 0 radical (unpaired) electrons. The van der Waals surface area contributed by atoms with Crippen LogP contribution in [0.1, 0.15) is 72.1 Å². The Hall–Kier alpha value is -1.73. The molecule has 174 valence electrons. The summed E-state index contributed by atoms with van der Waals surface area (Å²) >= 11 is 0. The fourth-order valence-corrected chi connectivity index (χ4v) is 2.85. The average Bonchev–Trinajstić information content (AvgIpc) is 2.69. The van der Waals surface area contributed by atoms with Gasteiger partial charge in [-0.2, -0.15) is 0 Å². The molecule has 0 spiro atoms. The van der Waals surface area contributed by atoms with Crippen LogP contribution >= 0.6 is 0 Å². The molecule has 0 rings (SSSR count). The molecule has 0 aliphatic heterocycles. The van der Waals surface area contributed by atoms with Crippen molar-refractivity contribution < 1.29 is 23.9 Å². The van der Waals surface area contributed by atoms with Gasteiger partial charge in [0.25, 0.3) is 0 Å². The van der Waals surface area contributed by atoms with Crippen LogP contribution in [0.15, 0.2) is 12.2 Å². The van der Waals surface area contributed by atoms with Gasteiger partial charge in [0, 0.05) is 51.9 Å². The minimum atomic E-state index is -0.617. The maximum Gasteiger partial charge on any atom is 0.242 e. The normalized spacial score (nSPS) is 11.9. The lowest BCUT2D eigenvalue weighted by atomic mass is 10.0. The van der Waals surface area contributed by atoms with Crippen LogP contribution in [0, 0.1) is 5.92 Å². The zero-order valence-electron chi connectivity index (χ0n) is 19.4. The molecule has 7 heteroatoms. The summed E-state index contributed by atoms with van der Waals surface area (Å²) in [5.74, 6) is -0.247. The standard InChI is InChI=1S/C23H42N2O5/c1-6-11-21(26)19(4)17-24-23(28)20(16-18(2)3)25-22(27)12-10-15-30-14-9-7-8-13-29-5/h18,20H,4,6-17H2,1-3,5H3,(H,24,28)(H,25,27). The van der Waals surface area contributed by atoms with E-state index in [4.69, 9.17) is 9.47 Å². The lowest BCUT2D eigenvalue weighted by molar-refractivity contribution is -0.129. The second-order valence-electron chi connectivity index (χ2n) is 8.01. The molecule has 0 fully saturated rings. The smallest absolute Gasteiger partial charge is 0.242 e. The summed E-state index contributed by atoms with van der Waals surface area (Å²) in [5.41, 5.74) is 0.388. The zero-order chi connectivity index (χ0) is 22.8. The monoisotopic (exact) mass is 426 g/mol. The van der Waals surface area contributed by atoms with E-state index in [0.717, 1.165) is 32.3 Å². The van der Waals surface area contributed by atoms with Crippen molar-refractivity contribution in [2.75, 3.05) is 33.5 Å². The molecule has 0 aromatic heterocycles. The Labute approximate surface area is 182 Å². The molecule has 0 aliphatic carbocycles. The molecule has 0 aromatic carbocycles. The third kappa shape index (κ3) is 15.2. The first-order chi connectivity index (χ1) is 14.3. The number of carbonyl (C=O) groups is 3. The average molecular weight is 427 g/mol. The molecular formula is C23H42N2O5. The van der Waals surface area contributed by atoms with Crippen molar-refractivity contribution in [3.8, 4) is 0 Å². The maximum atomic E-state index is 12.5. The van der Waals surface area contributed by atoms with Gasteiger partial charge in [-0.25, -0.2) is 0 Å². The molecule has 1 atom stereocenters. The Morgan fingerprint density at radius 2 is 1.63 bits per heavy atom. The minimum absolute atomic E-state index is 0.0408. The van der Waals surface area contributed by atoms with Crippen molar-refractivity contribution in [2.45, 2.75) is 78.2 Å². The van der Waals surface area contributed by atoms with Crippen LogP contribution in [-0.4, -0.2) is 57.1 Å². The molecule has 0 bridgehead atoms. The van der Waals surface area contributed by atoms with E-state index in [2.05, 4.69) is 17.2 Å². The van der Waals surface area contributed by atoms with Gasteiger partial charge in [-0.05, 0) is 44.4 Å². The van der Waals surface area contributed by atoms with Crippen LogP contribution in [0.3, 0.4) is 0 Å². The number of hydrogen-bond donors (Lipinski definition) is 2. The van der Waals surface area contributed by atoms with Crippen molar-refractivity contribution in [1.82, 2.24) is 10.6 Å². The van der Waals surface area contributed by atoms with Crippen LogP contribution in [0.2, 0.25) is 0 Å². The van der Waals surface area contributed by atoms with Gasteiger partial charge in [0.05, 0.1) is 0 Å². The Kier molecular flexibility index (Phi) is 17.0. The van der Waals surface area contributed by atoms with Crippen LogP contribution in [-0.2, 0) is 23.9 Å². The molecular weight excluding hydrogens is 384 g/mol. The van der Waals surface area contributed by atoms with Crippen molar-refractivity contribution in [3.05, 3.63) is 12.2 Å². The first-order valence-corrected chi connectivity index (χ1v) is 11.2. The lowest BCUT2D eigenvalue weighted by Crippen LogP contribution is -2.48. The van der Waals surface area contributed by atoms with E-state index >= 15 is 0 Å². The number of rotatable bonds is 19. The van der Waals surface area contributed by atoms with Crippen molar-refractivity contribution in [3.63, 3.8) is 0 Å². The van der Waals surface area contributed by atoms with Gasteiger partial charge >= 0.3 is 0 Å². The van der Waals surface area contributed by atoms with E-state index in [9.17, 15) is 14.4 Å². The second kappa shape index (κ2) is 18.1. The number of amides is 2. The zero-order valence-corrected chi connectivity index (χ0v) is 19.4. The van der Waals surface area contributed by atoms with Crippen molar-refractivity contribution in [1.29, 1.82) is 0 Å². The first kappa shape index (κ1) is 28.3. The van der Waals surface area contributed by atoms with Crippen LogP contribution in [0.4, 0.5) is 0 Å². The highest BCUT2D eigenvalue weighted by Gasteiger charge is 2.22. The molecule has 0 aliphatic rings. The number of Topliss-reactive ketones (excluding diaryl/α,β-unsaturated/α-hetero) is 1. The molecule has 2 amide bonds. The highest BCUT2D eigenvalue weighted by atomic mass is 16.5. The Morgan fingerprint density at radius 1 is 0.967 bits per heavy atom. The molecule has 1 unspecified atom stereocenters. The fourth-order valence-electron chi connectivity index (χ4n) is 2.85. The van der Waals surface area contributed by atoms with E-state index in [-0.39, 0.29) is 30.1 Å². The van der Waals surface area contributed by atoms with Crippen molar-refractivity contribution in [2.24, 2.45) is 5.92 Å². The summed E-state index contributed by atoms with van der Waals surface area (Å²) < 4.78 is 10.5. The van der Waals surface area contributed by atoms with Gasteiger partial charge in [-0.15, -0.1) is 0 Å². The first-order valence-electron chi connectivity index (χ1n) is 11.2. The number of carbonyl (C=O) groups excluding carboxylic acids is 3. The highest BCUT2D eigenvalue weighted by molar-refractivity contribution is 5.96. The predicted molar refractivity (Wildman–Crippen MR) is 119 cm³/mol. The summed E-state index contributed by atoms with van der Waals surface area (Å²) in [6.45, 7) is 11.8. The number of unbranched alkanes of at least 4 members (excludes halogenated alkanes) is 2. The number of methoxy groups -OCH3 is 1. The summed E-state index contributed by atoms with van der Waals surface area (Å²) in [6, 6.07) is -0.617. The number of nitrogens with one attached hydrogen (secondary N) is 2. The quantitative estimate of drug-likeness (QED) is 0.244. The predicted octanol–water partition coefficient (Wildman–Crippen LogP) is 3.17. The van der Waals surface area contributed by atoms with Gasteiger partial charge in [0.15, 0.2) is 5.78 Å². The highest BCUT2D eigenvalue weighted by Crippen LogP contribution is 2.07. The van der Waals surface area contributed by atoms with Gasteiger partial charge < -0.3 is 20.1 Å². The number of ketones is 1. The van der Waals surface area contributed by atoms with Gasteiger partial charge in [-0.3, -0.25) is 14.4 Å². The van der Waals surface area contributed by atoms with Gasteiger partial charge in [-0.1, -0.05) is 27.4 Å². The molecule has 7 nitrogen and oxygen atoms in total.